The first-order valence-corrected chi connectivity index (χ1v) is 6.01. The summed E-state index contributed by atoms with van der Waals surface area (Å²) in [5.41, 5.74) is 11.7. The molecule has 0 aromatic heterocycles. The van der Waals surface area contributed by atoms with Crippen molar-refractivity contribution in [2.24, 2.45) is 5.73 Å². The third-order valence-corrected chi connectivity index (χ3v) is 3.07. The first kappa shape index (κ1) is 13.4. The summed E-state index contributed by atoms with van der Waals surface area (Å²) in [4.78, 5) is 22.9. The highest BCUT2D eigenvalue weighted by Gasteiger charge is 2.13. The molecule has 1 amide bonds. The fraction of sp³-hybridized carbons (Fsp3) is 0.273. The number of thioether (sulfide) groups is 1. The molecule has 17 heavy (non-hydrogen) atoms. The van der Waals surface area contributed by atoms with Crippen LogP contribution in [0.15, 0.2) is 23.1 Å². The lowest BCUT2D eigenvalue weighted by molar-refractivity contribution is -0.139. The molecule has 0 heterocycles. The van der Waals surface area contributed by atoms with Crippen LogP contribution in [0, 0.1) is 0 Å². The van der Waals surface area contributed by atoms with E-state index in [4.69, 9.17) is 16.2 Å². The number of amides is 1. The maximum absolute atomic E-state index is 11.2. The van der Waals surface area contributed by atoms with Gasteiger partial charge in [0.05, 0.1) is 17.9 Å². The Morgan fingerprint density at radius 3 is 2.71 bits per heavy atom. The van der Waals surface area contributed by atoms with Crippen molar-refractivity contribution in [1.29, 1.82) is 0 Å². The molecule has 0 saturated carbocycles. The molecule has 0 aliphatic carbocycles. The fourth-order valence-electron chi connectivity index (χ4n) is 1.24. The van der Waals surface area contributed by atoms with Crippen molar-refractivity contribution < 1.29 is 14.3 Å². The van der Waals surface area contributed by atoms with Crippen LogP contribution < -0.4 is 11.5 Å². The predicted molar refractivity (Wildman–Crippen MR) is 66.7 cm³/mol. The highest BCUT2D eigenvalue weighted by atomic mass is 32.2. The van der Waals surface area contributed by atoms with Crippen molar-refractivity contribution in [2.75, 3.05) is 18.1 Å². The van der Waals surface area contributed by atoms with Crippen molar-refractivity contribution in [3.05, 3.63) is 23.8 Å². The van der Waals surface area contributed by atoms with Gasteiger partial charge >= 0.3 is 5.97 Å². The predicted octanol–water partition coefficient (Wildman–Crippen LogP) is 1.02. The van der Waals surface area contributed by atoms with E-state index in [0.29, 0.717) is 22.8 Å². The summed E-state index contributed by atoms with van der Waals surface area (Å²) < 4.78 is 4.79. The van der Waals surface area contributed by atoms with E-state index in [1.165, 1.54) is 0 Å². The van der Waals surface area contributed by atoms with E-state index in [1.54, 1.807) is 25.1 Å². The Bertz CT molecular complexity index is 435. The topological polar surface area (TPSA) is 95.4 Å². The molecule has 0 spiro atoms. The summed E-state index contributed by atoms with van der Waals surface area (Å²) in [5, 5.41) is 0. The molecule has 5 nitrogen and oxygen atoms in total. The minimum atomic E-state index is -0.566. The molecule has 4 N–H and O–H groups in total. The summed E-state index contributed by atoms with van der Waals surface area (Å²) in [6.07, 6.45) is 0. The number of carbonyl (C=O) groups is 2. The van der Waals surface area contributed by atoms with Gasteiger partial charge in [-0.2, -0.15) is 0 Å². The number of nitrogen functional groups attached to an aromatic ring is 1. The smallest absolute Gasteiger partial charge is 0.316 e. The van der Waals surface area contributed by atoms with Crippen LogP contribution in [0.3, 0.4) is 0 Å². The quantitative estimate of drug-likeness (QED) is 0.464. The first-order chi connectivity index (χ1) is 8.06. The summed E-state index contributed by atoms with van der Waals surface area (Å²) in [6.45, 7) is 2.06. The first-order valence-electron chi connectivity index (χ1n) is 5.03. The average Bonchev–Trinajstić information content (AvgIpc) is 2.27. The van der Waals surface area contributed by atoms with Gasteiger partial charge in [0, 0.05) is 10.6 Å². The van der Waals surface area contributed by atoms with E-state index in [9.17, 15) is 9.59 Å². The van der Waals surface area contributed by atoms with E-state index in [1.807, 2.05) is 0 Å². The molecule has 6 heteroatoms. The minimum absolute atomic E-state index is 0.0995. The molecule has 0 bridgehead atoms. The SMILES string of the molecule is CCOC(=O)CSc1c(N)cccc1C(N)=O. The number of hydrogen-bond donors (Lipinski definition) is 2. The Kier molecular flexibility index (Phi) is 4.84. The molecule has 0 fully saturated rings. The fourth-order valence-corrected chi connectivity index (χ4v) is 2.15. The summed E-state index contributed by atoms with van der Waals surface area (Å²) in [5.74, 6) is -0.817. The Balaban J connectivity index is 2.82. The highest BCUT2D eigenvalue weighted by Crippen LogP contribution is 2.28. The number of esters is 1. The second kappa shape index (κ2) is 6.15. The van der Waals surface area contributed by atoms with Gasteiger partial charge in [-0.1, -0.05) is 6.07 Å². The van der Waals surface area contributed by atoms with Crippen molar-refractivity contribution >= 4 is 29.3 Å². The zero-order valence-electron chi connectivity index (χ0n) is 9.43. The normalized spacial score (nSPS) is 9.94. The zero-order chi connectivity index (χ0) is 12.8. The maximum atomic E-state index is 11.2. The van der Waals surface area contributed by atoms with Gasteiger partial charge in [-0.3, -0.25) is 9.59 Å². The van der Waals surface area contributed by atoms with E-state index < -0.39 is 5.91 Å². The van der Waals surface area contributed by atoms with Gasteiger partial charge in [0.2, 0.25) is 5.91 Å². The molecule has 92 valence electrons. The Morgan fingerprint density at radius 1 is 1.41 bits per heavy atom. The van der Waals surface area contributed by atoms with E-state index in [2.05, 4.69) is 0 Å². The monoisotopic (exact) mass is 254 g/mol. The number of anilines is 1. The largest absolute Gasteiger partial charge is 0.465 e. The number of benzene rings is 1. The van der Waals surface area contributed by atoms with Crippen LogP contribution in [0.4, 0.5) is 5.69 Å². The molecule has 0 aliphatic rings. The Labute approximate surface area is 103 Å². The second-order valence-electron chi connectivity index (χ2n) is 3.18. The van der Waals surface area contributed by atoms with Gasteiger partial charge in [-0.05, 0) is 19.1 Å². The lowest BCUT2D eigenvalue weighted by atomic mass is 10.2. The average molecular weight is 254 g/mol. The zero-order valence-corrected chi connectivity index (χ0v) is 10.3. The lowest BCUT2D eigenvalue weighted by Gasteiger charge is -2.08. The number of carbonyl (C=O) groups excluding carboxylic acids is 2. The molecule has 1 aromatic rings. The second-order valence-corrected chi connectivity index (χ2v) is 4.17. The summed E-state index contributed by atoms with van der Waals surface area (Å²) in [7, 11) is 0. The van der Waals surface area contributed by atoms with E-state index >= 15 is 0 Å². The number of hydrogen-bond acceptors (Lipinski definition) is 5. The number of ether oxygens (including phenoxy) is 1. The van der Waals surface area contributed by atoms with Gasteiger partial charge in [-0.15, -0.1) is 11.8 Å². The molecule has 0 unspecified atom stereocenters. The van der Waals surface area contributed by atoms with Crippen molar-refractivity contribution in [2.45, 2.75) is 11.8 Å². The molecule has 1 rings (SSSR count). The van der Waals surface area contributed by atoms with Gasteiger partial charge in [0.15, 0.2) is 0 Å². The number of rotatable bonds is 5. The van der Waals surface area contributed by atoms with Gasteiger partial charge in [0.1, 0.15) is 0 Å². The minimum Gasteiger partial charge on any atom is -0.465 e. The number of primary amides is 1. The van der Waals surface area contributed by atoms with Gasteiger partial charge < -0.3 is 16.2 Å². The molecular weight excluding hydrogens is 240 g/mol. The molecule has 0 atom stereocenters. The van der Waals surface area contributed by atoms with Crippen LogP contribution in [-0.4, -0.2) is 24.2 Å². The molecule has 0 radical (unpaired) electrons. The highest BCUT2D eigenvalue weighted by molar-refractivity contribution is 8.00. The van der Waals surface area contributed by atoms with Crippen molar-refractivity contribution in [1.82, 2.24) is 0 Å². The molecular formula is C11H14N2O3S. The Morgan fingerprint density at radius 2 is 2.12 bits per heavy atom. The molecule has 1 aromatic carbocycles. The lowest BCUT2D eigenvalue weighted by Crippen LogP contribution is -2.14. The van der Waals surface area contributed by atoms with Crippen molar-refractivity contribution in [3.8, 4) is 0 Å². The maximum Gasteiger partial charge on any atom is 0.316 e. The van der Waals surface area contributed by atoms with Crippen molar-refractivity contribution in [3.63, 3.8) is 0 Å². The van der Waals surface area contributed by atoms with Crippen LogP contribution in [0.25, 0.3) is 0 Å². The summed E-state index contributed by atoms with van der Waals surface area (Å²) in [6, 6.07) is 4.87. The van der Waals surface area contributed by atoms with Gasteiger partial charge in [0.25, 0.3) is 0 Å². The van der Waals surface area contributed by atoms with Crippen LogP contribution in [-0.2, 0) is 9.53 Å². The van der Waals surface area contributed by atoms with Crippen LogP contribution in [0.2, 0.25) is 0 Å². The Hall–Kier alpha value is -1.69. The molecule has 0 aliphatic heterocycles. The number of nitrogens with two attached hydrogens (primary N) is 2. The standard InChI is InChI=1S/C11H14N2O3S/c1-2-16-9(14)6-17-10-7(11(13)15)4-3-5-8(10)12/h3-5H,2,6,12H2,1H3,(H2,13,15). The van der Waals surface area contributed by atoms with E-state index in [-0.39, 0.29) is 11.7 Å². The third kappa shape index (κ3) is 3.67. The van der Waals surface area contributed by atoms with Crippen LogP contribution >= 0.6 is 11.8 Å². The van der Waals surface area contributed by atoms with E-state index in [0.717, 1.165) is 11.8 Å². The van der Waals surface area contributed by atoms with Crippen LogP contribution in [0.5, 0.6) is 0 Å². The summed E-state index contributed by atoms with van der Waals surface area (Å²) >= 11 is 1.15. The third-order valence-electron chi connectivity index (χ3n) is 1.95. The van der Waals surface area contributed by atoms with Gasteiger partial charge in [-0.25, -0.2) is 0 Å². The molecule has 0 saturated heterocycles. The van der Waals surface area contributed by atoms with Crippen LogP contribution in [0.1, 0.15) is 17.3 Å².